The third-order valence-electron chi connectivity index (χ3n) is 1.95. The summed E-state index contributed by atoms with van der Waals surface area (Å²) in [6, 6.07) is 0. The maximum absolute atomic E-state index is 12.7. The average Bonchev–Trinajstić information content (AvgIpc) is 2.16. The Morgan fingerprint density at radius 2 is 2.20 bits per heavy atom. The molecular weight excluding hydrogens is 228 g/mol. The fourth-order valence-electron chi connectivity index (χ4n) is 1.25. The highest BCUT2D eigenvalue weighted by Gasteiger charge is 2.22. The fraction of sp³-hybridized carbons (Fsp3) is 0.333. The van der Waals surface area contributed by atoms with Crippen LogP contribution >= 0.6 is 11.6 Å². The molecule has 82 valence electrons. The molecule has 15 heavy (non-hydrogen) atoms. The number of carbonyl (C=O) groups excluding carboxylic acids is 1. The molecule has 0 radical (unpaired) electrons. The van der Waals surface area contributed by atoms with E-state index in [-0.39, 0.29) is 17.0 Å². The lowest BCUT2D eigenvalue weighted by Gasteiger charge is -2.11. The molecule has 0 aliphatic carbocycles. The molecule has 3 nitrogen and oxygen atoms in total. The van der Waals surface area contributed by atoms with Crippen LogP contribution in [0.15, 0.2) is 6.20 Å². The SMILES string of the molecule is COc1ncc(C(=O)Cl)c(C(F)F)c1C. The van der Waals surface area contributed by atoms with Crippen LogP contribution in [-0.4, -0.2) is 17.3 Å². The van der Waals surface area contributed by atoms with Gasteiger partial charge in [0.2, 0.25) is 5.88 Å². The number of rotatable bonds is 3. The van der Waals surface area contributed by atoms with E-state index in [1.165, 1.54) is 14.0 Å². The number of aromatic nitrogens is 1. The van der Waals surface area contributed by atoms with Crippen molar-refractivity contribution in [1.29, 1.82) is 0 Å². The quantitative estimate of drug-likeness (QED) is 0.756. The number of pyridine rings is 1. The van der Waals surface area contributed by atoms with Crippen molar-refractivity contribution in [2.24, 2.45) is 0 Å². The number of nitrogens with zero attached hydrogens (tertiary/aromatic N) is 1. The van der Waals surface area contributed by atoms with E-state index in [0.29, 0.717) is 0 Å². The van der Waals surface area contributed by atoms with Crippen molar-refractivity contribution in [2.75, 3.05) is 7.11 Å². The first kappa shape index (κ1) is 11.8. The Labute approximate surface area is 90.0 Å². The van der Waals surface area contributed by atoms with Crippen LogP contribution in [0, 0.1) is 6.92 Å². The Morgan fingerprint density at radius 1 is 1.60 bits per heavy atom. The van der Waals surface area contributed by atoms with Gasteiger partial charge in [-0.1, -0.05) is 0 Å². The lowest BCUT2D eigenvalue weighted by molar-refractivity contribution is 0.106. The minimum atomic E-state index is -2.79. The Hall–Kier alpha value is -1.23. The molecule has 0 amide bonds. The lowest BCUT2D eigenvalue weighted by atomic mass is 10.1. The second-order valence-corrected chi connectivity index (χ2v) is 3.14. The fourth-order valence-corrected chi connectivity index (χ4v) is 1.40. The van der Waals surface area contributed by atoms with Crippen LogP contribution in [0.2, 0.25) is 0 Å². The van der Waals surface area contributed by atoms with Gasteiger partial charge in [0.15, 0.2) is 0 Å². The van der Waals surface area contributed by atoms with Gasteiger partial charge in [-0.05, 0) is 18.5 Å². The van der Waals surface area contributed by atoms with E-state index in [1.54, 1.807) is 0 Å². The van der Waals surface area contributed by atoms with Crippen molar-refractivity contribution in [3.05, 3.63) is 22.9 Å². The highest BCUT2D eigenvalue weighted by Crippen LogP contribution is 2.31. The molecule has 1 aromatic rings. The van der Waals surface area contributed by atoms with E-state index < -0.39 is 17.2 Å². The second-order valence-electron chi connectivity index (χ2n) is 2.79. The van der Waals surface area contributed by atoms with E-state index in [2.05, 4.69) is 4.98 Å². The largest absolute Gasteiger partial charge is 0.481 e. The number of halogens is 3. The molecule has 0 saturated carbocycles. The first-order chi connectivity index (χ1) is 6.99. The van der Waals surface area contributed by atoms with Gasteiger partial charge in [-0.3, -0.25) is 4.79 Å². The average molecular weight is 236 g/mol. The molecule has 1 aromatic heterocycles. The standard InChI is InChI=1S/C9H8ClF2NO2/c1-4-6(8(11)12)5(7(10)14)3-13-9(4)15-2/h3,8H,1-2H3. The molecule has 0 bridgehead atoms. The summed E-state index contributed by atoms with van der Waals surface area (Å²) in [5.41, 5.74) is -0.592. The second kappa shape index (κ2) is 4.53. The van der Waals surface area contributed by atoms with E-state index in [9.17, 15) is 13.6 Å². The number of hydrogen-bond acceptors (Lipinski definition) is 3. The maximum Gasteiger partial charge on any atom is 0.265 e. The minimum absolute atomic E-state index is 0.0620. The topological polar surface area (TPSA) is 39.2 Å². The molecule has 1 heterocycles. The molecule has 1 rings (SSSR count). The Kier molecular flexibility index (Phi) is 3.57. The predicted octanol–water partition coefficient (Wildman–Crippen LogP) is 2.72. The van der Waals surface area contributed by atoms with Gasteiger partial charge < -0.3 is 4.74 Å². The summed E-state index contributed by atoms with van der Waals surface area (Å²) >= 11 is 5.17. The molecule has 0 fully saturated rings. The number of hydrogen-bond donors (Lipinski definition) is 0. The van der Waals surface area contributed by atoms with Gasteiger partial charge in [-0.2, -0.15) is 0 Å². The van der Waals surface area contributed by atoms with Crippen LogP contribution in [0.25, 0.3) is 0 Å². The Bertz CT molecular complexity index is 396. The van der Waals surface area contributed by atoms with Gasteiger partial charge in [0.1, 0.15) is 0 Å². The highest BCUT2D eigenvalue weighted by atomic mass is 35.5. The zero-order valence-corrected chi connectivity index (χ0v) is 8.81. The lowest BCUT2D eigenvalue weighted by Crippen LogP contribution is -2.05. The normalized spacial score (nSPS) is 10.5. The molecule has 0 saturated heterocycles. The van der Waals surface area contributed by atoms with Crippen molar-refractivity contribution >= 4 is 16.8 Å². The summed E-state index contributed by atoms with van der Waals surface area (Å²) < 4.78 is 30.1. The maximum atomic E-state index is 12.7. The van der Waals surface area contributed by atoms with Gasteiger partial charge in [0.05, 0.1) is 12.7 Å². The Balaban J connectivity index is 3.44. The van der Waals surface area contributed by atoms with Crippen molar-refractivity contribution in [2.45, 2.75) is 13.3 Å². The summed E-state index contributed by atoms with van der Waals surface area (Å²) in [5.74, 6) is 0.0620. The zero-order chi connectivity index (χ0) is 11.6. The molecule has 0 atom stereocenters. The first-order valence-electron chi connectivity index (χ1n) is 4.00. The van der Waals surface area contributed by atoms with Gasteiger partial charge in [0, 0.05) is 17.3 Å². The van der Waals surface area contributed by atoms with Crippen LogP contribution in [-0.2, 0) is 0 Å². The summed E-state index contributed by atoms with van der Waals surface area (Å²) in [6.45, 7) is 1.40. The first-order valence-corrected chi connectivity index (χ1v) is 4.38. The van der Waals surface area contributed by atoms with E-state index >= 15 is 0 Å². The van der Waals surface area contributed by atoms with Crippen molar-refractivity contribution in [1.82, 2.24) is 4.98 Å². The van der Waals surface area contributed by atoms with Gasteiger partial charge in [0.25, 0.3) is 11.7 Å². The summed E-state index contributed by atoms with van der Waals surface area (Å²) in [6.07, 6.45) is -1.80. The molecule has 0 aliphatic rings. The molecule has 0 N–H and O–H groups in total. The number of alkyl halides is 2. The summed E-state index contributed by atoms with van der Waals surface area (Å²) in [5, 5.41) is -0.955. The molecule has 0 unspecified atom stereocenters. The van der Waals surface area contributed by atoms with Crippen LogP contribution in [0.4, 0.5) is 8.78 Å². The number of carbonyl (C=O) groups is 1. The predicted molar refractivity (Wildman–Crippen MR) is 50.7 cm³/mol. The summed E-state index contributed by atoms with van der Waals surface area (Å²) in [4.78, 5) is 14.6. The van der Waals surface area contributed by atoms with E-state index in [4.69, 9.17) is 16.3 Å². The van der Waals surface area contributed by atoms with E-state index in [0.717, 1.165) is 6.20 Å². The molecule has 6 heteroatoms. The van der Waals surface area contributed by atoms with Gasteiger partial charge in [-0.25, -0.2) is 13.8 Å². The van der Waals surface area contributed by atoms with Crippen molar-refractivity contribution in [3.8, 4) is 5.88 Å². The third-order valence-corrected chi connectivity index (χ3v) is 2.15. The molecule has 0 aromatic carbocycles. The Morgan fingerprint density at radius 3 is 2.60 bits per heavy atom. The monoisotopic (exact) mass is 235 g/mol. The van der Waals surface area contributed by atoms with Crippen LogP contribution < -0.4 is 4.74 Å². The number of ether oxygens (including phenoxy) is 1. The van der Waals surface area contributed by atoms with Crippen LogP contribution in [0.1, 0.15) is 27.9 Å². The highest BCUT2D eigenvalue weighted by molar-refractivity contribution is 6.67. The van der Waals surface area contributed by atoms with E-state index in [1.807, 2.05) is 0 Å². The molecule has 0 aliphatic heterocycles. The molecule has 0 spiro atoms. The zero-order valence-electron chi connectivity index (χ0n) is 8.05. The van der Waals surface area contributed by atoms with Crippen molar-refractivity contribution < 1.29 is 18.3 Å². The third kappa shape index (κ3) is 2.23. The van der Waals surface area contributed by atoms with Crippen LogP contribution in [0.3, 0.4) is 0 Å². The summed E-state index contributed by atoms with van der Waals surface area (Å²) in [7, 11) is 1.31. The van der Waals surface area contributed by atoms with Gasteiger partial charge >= 0.3 is 0 Å². The molecular formula is C9H8ClF2NO2. The smallest absolute Gasteiger partial charge is 0.265 e. The van der Waals surface area contributed by atoms with Gasteiger partial charge in [-0.15, -0.1) is 0 Å². The van der Waals surface area contributed by atoms with Crippen LogP contribution in [0.5, 0.6) is 5.88 Å². The van der Waals surface area contributed by atoms with Crippen molar-refractivity contribution in [3.63, 3.8) is 0 Å². The minimum Gasteiger partial charge on any atom is -0.481 e. The number of methoxy groups -OCH3 is 1.